The molecule has 2 aliphatic rings. The van der Waals surface area contributed by atoms with E-state index in [1.165, 1.54) is 13.2 Å². The molecule has 0 aromatic heterocycles. The van der Waals surface area contributed by atoms with Crippen molar-refractivity contribution in [3.8, 4) is 5.75 Å². The van der Waals surface area contributed by atoms with E-state index in [1.807, 2.05) is 12.1 Å². The van der Waals surface area contributed by atoms with Gasteiger partial charge in [-0.3, -0.25) is 9.52 Å². The van der Waals surface area contributed by atoms with Crippen LogP contribution in [0.4, 0.5) is 11.4 Å². The molecule has 0 bridgehead atoms. The summed E-state index contributed by atoms with van der Waals surface area (Å²) in [4.78, 5) is 11.7. The topological polar surface area (TPSA) is 96.5 Å². The Hall–Kier alpha value is -2.58. The van der Waals surface area contributed by atoms with E-state index in [0.29, 0.717) is 30.8 Å². The first kappa shape index (κ1) is 17.8. The van der Waals surface area contributed by atoms with Crippen molar-refractivity contribution in [3.05, 3.63) is 47.0 Å². The fourth-order valence-electron chi connectivity index (χ4n) is 3.57. The number of anilines is 2. The third-order valence-corrected chi connectivity index (χ3v) is 6.35. The predicted octanol–water partition coefficient (Wildman–Crippen LogP) is 2.03. The SMILES string of the molecule is COc1cc2c(cc1S(=O)(=O)Nc1cccc3c1CNCC3)NC(=O)CC2. The Kier molecular flexibility index (Phi) is 4.53. The zero-order valence-corrected chi connectivity index (χ0v) is 15.8. The number of sulfonamides is 1. The van der Waals surface area contributed by atoms with E-state index in [9.17, 15) is 13.2 Å². The lowest BCUT2D eigenvalue weighted by Gasteiger charge is -2.22. The van der Waals surface area contributed by atoms with Crippen molar-refractivity contribution in [1.82, 2.24) is 5.32 Å². The molecule has 4 rings (SSSR count). The van der Waals surface area contributed by atoms with Gasteiger partial charge in [0.25, 0.3) is 10.0 Å². The summed E-state index contributed by atoms with van der Waals surface area (Å²) in [6, 6.07) is 8.79. The zero-order valence-electron chi connectivity index (χ0n) is 15.0. The molecule has 27 heavy (non-hydrogen) atoms. The molecule has 2 heterocycles. The number of rotatable bonds is 4. The molecule has 142 valence electrons. The van der Waals surface area contributed by atoms with Gasteiger partial charge in [0.15, 0.2) is 0 Å². The van der Waals surface area contributed by atoms with Crippen molar-refractivity contribution < 1.29 is 17.9 Å². The van der Waals surface area contributed by atoms with Crippen LogP contribution in [0.1, 0.15) is 23.1 Å². The van der Waals surface area contributed by atoms with Crippen molar-refractivity contribution in [3.63, 3.8) is 0 Å². The highest BCUT2D eigenvalue weighted by molar-refractivity contribution is 7.92. The van der Waals surface area contributed by atoms with Gasteiger partial charge < -0.3 is 15.4 Å². The Labute approximate surface area is 158 Å². The average Bonchev–Trinajstić information content (AvgIpc) is 2.67. The van der Waals surface area contributed by atoms with Crippen LogP contribution in [0, 0.1) is 0 Å². The zero-order chi connectivity index (χ0) is 19.0. The molecule has 2 aromatic rings. The number of fused-ring (bicyclic) bond motifs is 2. The van der Waals surface area contributed by atoms with Gasteiger partial charge in [-0.1, -0.05) is 12.1 Å². The summed E-state index contributed by atoms with van der Waals surface area (Å²) in [6.45, 7) is 1.49. The van der Waals surface area contributed by atoms with Gasteiger partial charge in [-0.25, -0.2) is 8.42 Å². The standard InChI is InChI=1S/C19H21N3O4S/c1-26-17-9-13-5-6-19(23)21-16(13)10-18(17)27(24,25)22-15-4-2-3-12-7-8-20-11-14(12)15/h2-4,9-10,20,22H,5-8,11H2,1H3,(H,21,23). The molecule has 3 N–H and O–H groups in total. The van der Waals surface area contributed by atoms with Crippen LogP contribution in [-0.4, -0.2) is 28.0 Å². The van der Waals surface area contributed by atoms with Crippen LogP contribution >= 0.6 is 0 Å². The minimum absolute atomic E-state index is 0.00678. The first-order chi connectivity index (χ1) is 13.0. The minimum atomic E-state index is -3.89. The van der Waals surface area contributed by atoms with E-state index < -0.39 is 10.0 Å². The molecule has 8 heteroatoms. The summed E-state index contributed by atoms with van der Waals surface area (Å²) < 4.78 is 34.2. The molecule has 7 nitrogen and oxygen atoms in total. The summed E-state index contributed by atoms with van der Waals surface area (Å²) in [6.07, 6.45) is 1.80. The second-order valence-corrected chi connectivity index (χ2v) is 8.33. The number of aryl methyl sites for hydroxylation is 1. The third-order valence-electron chi connectivity index (χ3n) is 4.96. The van der Waals surface area contributed by atoms with E-state index in [-0.39, 0.29) is 16.6 Å². The fourth-order valence-corrected chi connectivity index (χ4v) is 4.84. The molecular weight excluding hydrogens is 366 g/mol. The van der Waals surface area contributed by atoms with Crippen molar-refractivity contribution in [1.29, 1.82) is 0 Å². The van der Waals surface area contributed by atoms with Gasteiger partial charge in [0, 0.05) is 18.7 Å². The maximum atomic E-state index is 13.1. The molecule has 0 atom stereocenters. The average molecular weight is 387 g/mol. The molecular formula is C19H21N3O4S. The molecule has 0 saturated heterocycles. The Morgan fingerprint density at radius 2 is 1.96 bits per heavy atom. The largest absolute Gasteiger partial charge is 0.495 e. The van der Waals surface area contributed by atoms with Crippen molar-refractivity contribution in [2.45, 2.75) is 30.7 Å². The van der Waals surface area contributed by atoms with Crippen LogP contribution < -0.4 is 20.1 Å². The number of hydrogen-bond donors (Lipinski definition) is 3. The van der Waals surface area contributed by atoms with E-state index in [1.54, 1.807) is 12.1 Å². The maximum Gasteiger partial charge on any atom is 0.265 e. The number of amides is 1. The number of nitrogens with one attached hydrogen (secondary N) is 3. The van der Waals surface area contributed by atoms with Gasteiger partial charge >= 0.3 is 0 Å². The number of hydrogen-bond acceptors (Lipinski definition) is 5. The van der Waals surface area contributed by atoms with E-state index >= 15 is 0 Å². The highest BCUT2D eigenvalue weighted by atomic mass is 32.2. The van der Waals surface area contributed by atoms with Gasteiger partial charge in [0.2, 0.25) is 5.91 Å². The Balaban J connectivity index is 1.74. The quantitative estimate of drug-likeness (QED) is 0.746. The maximum absolute atomic E-state index is 13.1. The summed E-state index contributed by atoms with van der Waals surface area (Å²) in [5, 5.41) is 6.01. The molecule has 0 unspecified atom stereocenters. The lowest BCUT2D eigenvalue weighted by atomic mass is 10.00. The van der Waals surface area contributed by atoms with E-state index in [2.05, 4.69) is 15.4 Å². The smallest absolute Gasteiger partial charge is 0.265 e. The Bertz CT molecular complexity index is 1020. The van der Waals surface area contributed by atoms with Gasteiger partial charge in [-0.05, 0) is 54.3 Å². The third kappa shape index (κ3) is 3.38. The minimum Gasteiger partial charge on any atom is -0.495 e. The van der Waals surface area contributed by atoms with Crippen LogP contribution in [0.15, 0.2) is 35.2 Å². The first-order valence-electron chi connectivity index (χ1n) is 8.83. The number of carbonyl (C=O) groups excluding carboxylic acids is 1. The highest BCUT2D eigenvalue weighted by Crippen LogP contribution is 2.35. The fraction of sp³-hybridized carbons (Fsp3) is 0.316. The van der Waals surface area contributed by atoms with Gasteiger partial charge in [0.05, 0.1) is 12.8 Å². The molecule has 0 saturated carbocycles. The van der Waals surface area contributed by atoms with E-state index in [4.69, 9.17) is 4.74 Å². The normalized spacial score (nSPS) is 16.1. The summed E-state index contributed by atoms with van der Waals surface area (Å²) in [5.41, 5.74) is 4.04. The summed E-state index contributed by atoms with van der Waals surface area (Å²) in [5.74, 6) is 0.146. The summed E-state index contributed by atoms with van der Waals surface area (Å²) >= 11 is 0. The molecule has 0 radical (unpaired) electrons. The van der Waals surface area contributed by atoms with Gasteiger partial charge in [0.1, 0.15) is 10.6 Å². The second kappa shape index (κ2) is 6.86. The predicted molar refractivity (Wildman–Crippen MR) is 103 cm³/mol. The number of carbonyl (C=O) groups is 1. The van der Waals surface area contributed by atoms with E-state index in [0.717, 1.165) is 29.7 Å². The van der Waals surface area contributed by atoms with Crippen molar-refractivity contribution >= 4 is 27.3 Å². The van der Waals surface area contributed by atoms with Crippen LogP contribution in [0.3, 0.4) is 0 Å². The monoisotopic (exact) mass is 387 g/mol. The lowest BCUT2D eigenvalue weighted by Crippen LogP contribution is -2.26. The molecule has 0 aliphatic carbocycles. The van der Waals surface area contributed by atoms with Crippen molar-refractivity contribution in [2.75, 3.05) is 23.7 Å². The first-order valence-corrected chi connectivity index (χ1v) is 10.3. The number of benzene rings is 2. The van der Waals surface area contributed by atoms with Gasteiger partial charge in [-0.2, -0.15) is 0 Å². The van der Waals surface area contributed by atoms with Crippen molar-refractivity contribution in [2.24, 2.45) is 0 Å². The van der Waals surface area contributed by atoms with Crippen LogP contribution in [0.2, 0.25) is 0 Å². The highest BCUT2D eigenvalue weighted by Gasteiger charge is 2.26. The lowest BCUT2D eigenvalue weighted by molar-refractivity contribution is -0.116. The second-order valence-electron chi connectivity index (χ2n) is 6.68. The summed E-state index contributed by atoms with van der Waals surface area (Å²) in [7, 11) is -2.45. The van der Waals surface area contributed by atoms with Crippen LogP contribution in [-0.2, 0) is 34.2 Å². The molecule has 1 amide bonds. The molecule has 2 aromatic carbocycles. The number of methoxy groups -OCH3 is 1. The molecule has 0 fully saturated rings. The molecule has 0 spiro atoms. The Morgan fingerprint density at radius 1 is 1.11 bits per heavy atom. The molecule has 2 aliphatic heterocycles. The van der Waals surface area contributed by atoms with Crippen LogP contribution in [0.25, 0.3) is 0 Å². The van der Waals surface area contributed by atoms with Gasteiger partial charge in [-0.15, -0.1) is 0 Å². The number of ether oxygens (including phenoxy) is 1. The Morgan fingerprint density at radius 3 is 2.78 bits per heavy atom. The van der Waals surface area contributed by atoms with Crippen LogP contribution in [0.5, 0.6) is 5.75 Å².